The molecule has 1 aromatic heterocycles. The van der Waals surface area contributed by atoms with Gasteiger partial charge in [0.15, 0.2) is 0 Å². The number of rotatable bonds is 5. The standard InChI is InChI=1S/C11H17N3O3/c1-4-7(2)9(11(16)17)12-10(15)8-5-6-14(3)13-8/h5-7,9H,4H2,1-3H3,(H,12,15)(H,16,17)/t7?,9-/m0/s1. The van der Waals surface area contributed by atoms with Crippen LogP contribution in [0.1, 0.15) is 30.8 Å². The highest BCUT2D eigenvalue weighted by Gasteiger charge is 2.26. The molecule has 1 amide bonds. The molecule has 6 heteroatoms. The molecule has 1 heterocycles. The predicted molar refractivity (Wildman–Crippen MR) is 61.6 cm³/mol. The summed E-state index contributed by atoms with van der Waals surface area (Å²) in [5.41, 5.74) is 0.224. The zero-order valence-electron chi connectivity index (χ0n) is 10.2. The molecule has 0 saturated carbocycles. The van der Waals surface area contributed by atoms with Crippen LogP contribution < -0.4 is 5.32 Å². The molecule has 0 aliphatic heterocycles. The number of carboxylic acids is 1. The summed E-state index contributed by atoms with van der Waals surface area (Å²) in [6, 6.07) is 0.666. The lowest BCUT2D eigenvalue weighted by Gasteiger charge is -2.19. The number of aliphatic carboxylic acids is 1. The molecule has 0 spiro atoms. The van der Waals surface area contributed by atoms with Gasteiger partial charge in [0.1, 0.15) is 11.7 Å². The third-order valence-electron chi connectivity index (χ3n) is 2.71. The Kier molecular flexibility index (Phi) is 4.25. The largest absolute Gasteiger partial charge is 0.480 e. The molecule has 94 valence electrons. The van der Waals surface area contributed by atoms with Crippen LogP contribution in [-0.2, 0) is 11.8 Å². The molecule has 0 bridgehead atoms. The molecule has 0 aromatic carbocycles. The van der Waals surface area contributed by atoms with Crippen molar-refractivity contribution >= 4 is 11.9 Å². The Morgan fingerprint density at radius 1 is 1.59 bits per heavy atom. The van der Waals surface area contributed by atoms with Crippen molar-refractivity contribution in [3.8, 4) is 0 Å². The first-order valence-electron chi connectivity index (χ1n) is 5.49. The van der Waals surface area contributed by atoms with Crippen molar-refractivity contribution in [2.45, 2.75) is 26.3 Å². The molecule has 2 atom stereocenters. The quantitative estimate of drug-likeness (QED) is 0.790. The highest BCUT2D eigenvalue weighted by molar-refractivity contribution is 5.94. The van der Waals surface area contributed by atoms with E-state index in [1.807, 2.05) is 6.92 Å². The van der Waals surface area contributed by atoms with E-state index in [4.69, 9.17) is 5.11 Å². The number of aromatic nitrogens is 2. The van der Waals surface area contributed by atoms with E-state index >= 15 is 0 Å². The highest BCUT2D eigenvalue weighted by Crippen LogP contribution is 2.08. The number of nitrogens with zero attached hydrogens (tertiary/aromatic N) is 2. The molecule has 0 radical (unpaired) electrons. The van der Waals surface area contributed by atoms with Crippen molar-refractivity contribution in [3.05, 3.63) is 18.0 Å². The Balaban J connectivity index is 2.74. The van der Waals surface area contributed by atoms with Crippen LogP contribution in [0.25, 0.3) is 0 Å². The normalized spacial score (nSPS) is 14.1. The molecule has 0 saturated heterocycles. The molecule has 1 rings (SSSR count). The molecule has 0 aliphatic rings. The minimum Gasteiger partial charge on any atom is -0.480 e. The summed E-state index contributed by atoms with van der Waals surface area (Å²) < 4.78 is 1.49. The van der Waals surface area contributed by atoms with Gasteiger partial charge in [0, 0.05) is 13.2 Å². The van der Waals surface area contributed by atoms with Gasteiger partial charge < -0.3 is 10.4 Å². The number of aryl methyl sites for hydroxylation is 1. The van der Waals surface area contributed by atoms with Crippen molar-refractivity contribution in [2.24, 2.45) is 13.0 Å². The van der Waals surface area contributed by atoms with E-state index in [2.05, 4.69) is 10.4 Å². The molecule has 17 heavy (non-hydrogen) atoms. The Morgan fingerprint density at radius 2 is 2.24 bits per heavy atom. The Labute approximate surface area is 99.6 Å². The van der Waals surface area contributed by atoms with Crippen molar-refractivity contribution in [2.75, 3.05) is 0 Å². The second-order valence-electron chi connectivity index (χ2n) is 4.05. The Morgan fingerprint density at radius 3 is 2.65 bits per heavy atom. The van der Waals surface area contributed by atoms with Crippen LogP contribution in [0.5, 0.6) is 0 Å². The second-order valence-corrected chi connectivity index (χ2v) is 4.05. The van der Waals surface area contributed by atoms with Crippen molar-refractivity contribution < 1.29 is 14.7 Å². The molecular weight excluding hydrogens is 222 g/mol. The van der Waals surface area contributed by atoms with E-state index in [1.54, 1.807) is 26.2 Å². The number of carboxylic acid groups (broad SMARTS) is 1. The van der Waals surface area contributed by atoms with Gasteiger partial charge >= 0.3 is 5.97 Å². The first-order chi connectivity index (χ1) is 7.95. The average Bonchev–Trinajstić information content (AvgIpc) is 2.71. The van der Waals surface area contributed by atoms with Crippen LogP contribution in [0.15, 0.2) is 12.3 Å². The maximum absolute atomic E-state index is 11.7. The third-order valence-corrected chi connectivity index (χ3v) is 2.71. The van der Waals surface area contributed by atoms with Gasteiger partial charge in [-0.15, -0.1) is 0 Å². The SMILES string of the molecule is CCC(C)[C@H](NC(=O)c1ccn(C)n1)C(=O)O. The summed E-state index contributed by atoms with van der Waals surface area (Å²) in [5, 5.41) is 15.4. The maximum Gasteiger partial charge on any atom is 0.326 e. The number of carbonyl (C=O) groups is 2. The molecular formula is C11H17N3O3. The smallest absolute Gasteiger partial charge is 0.326 e. The van der Waals surface area contributed by atoms with Crippen molar-refractivity contribution in [3.63, 3.8) is 0 Å². The van der Waals surface area contributed by atoms with E-state index in [-0.39, 0.29) is 11.6 Å². The van der Waals surface area contributed by atoms with E-state index in [1.165, 1.54) is 4.68 Å². The summed E-state index contributed by atoms with van der Waals surface area (Å²) in [6.45, 7) is 3.67. The molecule has 1 unspecified atom stereocenters. The van der Waals surface area contributed by atoms with E-state index in [0.717, 1.165) is 0 Å². The molecule has 1 aromatic rings. The first-order valence-corrected chi connectivity index (χ1v) is 5.49. The maximum atomic E-state index is 11.7. The molecule has 6 nitrogen and oxygen atoms in total. The first kappa shape index (κ1) is 13.2. The number of hydrogen-bond acceptors (Lipinski definition) is 3. The lowest BCUT2D eigenvalue weighted by Crippen LogP contribution is -2.45. The Bertz CT molecular complexity index is 414. The highest BCUT2D eigenvalue weighted by atomic mass is 16.4. The van der Waals surface area contributed by atoms with Crippen LogP contribution in [0.4, 0.5) is 0 Å². The van der Waals surface area contributed by atoms with E-state index in [9.17, 15) is 9.59 Å². The average molecular weight is 239 g/mol. The molecule has 0 fully saturated rings. The van der Waals surface area contributed by atoms with Crippen LogP contribution in [-0.4, -0.2) is 32.8 Å². The van der Waals surface area contributed by atoms with Gasteiger partial charge in [0.05, 0.1) is 0 Å². The zero-order chi connectivity index (χ0) is 13.0. The van der Waals surface area contributed by atoms with Crippen molar-refractivity contribution in [1.29, 1.82) is 0 Å². The Hall–Kier alpha value is -1.85. The van der Waals surface area contributed by atoms with Gasteiger partial charge in [-0.1, -0.05) is 20.3 Å². The topological polar surface area (TPSA) is 84.2 Å². The van der Waals surface area contributed by atoms with Gasteiger partial charge in [-0.3, -0.25) is 9.48 Å². The second kappa shape index (κ2) is 5.47. The lowest BCUT2D eigenvalue weighted by molar-refractivity contribution is -0.140. The predicted octanol–water partition coefficient (Wildman–Crippen LogP) is 0.649. The fourth-order valence-corrected chi connectivity index (χ4v) is 1.43. The minimum absolute atomic E-state index is 0.125. The van der Waals surface area contributed by atoms with E-state index in [0.29, 0.717) is 6.42 Å². The minimum atomic E-state index is -1.02. The summed E-state index contributed by atoms with van der Waals surface area (Å²) in [5.74, 6) is -1.61. The van der Waals surface area contributed by atoms with Crippen LogP contribution in [0.3, 0.4) is 0 Å². The van der Waals surface area contributed by atoms with Crippen LogP contribution >= 0.6 is 0 Å². The van der Waals surface area contributed by atoms with Gasteiger partial charge in [-0.05, 0) is 12.0 Å². The fourth-order valence-electron chi connectivity index (χ4n) is 1.43. The van der Waals surface area contributed by atoms with Crippen molar-refractivity contribution in [1.82, 2.24) is 15.1 Å². The number of amides is 1. The van der Waals surface area contributed by atoms with E-state index < -0.39 is 17.9 Å². The molecule has 2 N–H and O–H groups in total. The summed E-state index contributed by atoms with van der Waals surface area (Å²) in [6.07, 6.45) is 2.31. The summed E-state index contributed by atoms with van der Waals surface area (Å²) in [4.78, 5) is 22.8. The summed E-state index contributed by atoms with van der Waals surface area (Å²) >= 11 is 0. The number of nitrogens with one attached hydrogen (secondary N) is 1. The lowest BCUT2D eigenvalue weighted by atomic mass is 9.99. The fraction of sp³-hybridized carbons (Fsp3) is 0.545. The van der Waals surface area contributed by atoms with Crippen LogP contribution in [0.2, 0.25) is 0 Å². The third kappa shape index (κ3) is 3.30. The number of hydrogen-bond donors (Lipinski definition) is 2. The monoisotopic (exact) mass is 239 g/mol. The molecule has 0 aliphatic carbocycles. The number of carbonyl (C=O) groups excluding carboxylic acids is 1. The zero-order valence-corrected chi connectivity index (χ0v) is 10.2. The van der Waals surface area contributed by atoms with Crippen LogP contribution in [0, 0.1) is 5.92 Å². The van der Waals surface area contributed by atoms with Gasteiger partial charge in [-0.2, -0.15) is 5.10 Å². The van der Waals surface area contributed by atoms with Gasteiger partial charge in [0.2, 0.25) is 0 Å². The van der Waals surface area contributed by atoms with Gasteiger partial charge in [-0.25, -0.2) is 4.79 Å². The van der Waals surface area contributed by atoms with Gasteiger partial charge in [0.25, 0.3) is 5.91 Å². The summed E-state index contributed by atoms with van der Waals surface area (Å²) in [7, 11) is 1.69.